The van der Waals surface area contributed by atoms with Crippen LogP contribution >= 0.6 is 11.8 Å². The number of non-ortho nitro benzene ring substituents is 1. The van der Waals surface area contributed by atoms with Crippen LogP contribution in [0.2, 0.25) is 0 Å². The Labute approximate surface area is 161 Å². The van der Waals surface area contributed by atoms with Gasteiger partial charge in [-0.3, -0.25) is 14.9 Å². The number of rotatable bonds is 10. The number of amides is 1. The molecule has 0 radical (unpaired) electrons. The van der Waals surface area contributed by atoms with Crippen LogP contribution in [0.25, 0.3) is 0 Å². The minimum atomic E-state index is -0.437. The number of nitro benzene ring substituents is 1. The van der Waals surface area contributed by atoms with Crippen LogP contribution in [0.15, 0.2) is 66.3 Å². The van der Waals surface area contributed by atoms with E-state index in [1.807, 2.05) is 18.2 Å². The largest absolute Gasteiger partial charge is 0.490 e. The zero-order valence-electron chi connectivity index (χ0n) is 14.5. The third-order valence-electron chi connectivity index (χ3n) is 3.25. The van der Waals surface area contributed by atoms with Crippen molar-refractivity contribution in [2.45, 2.75) is 5.75 Å². The van der Waals surface area contributed by atoms with E-state index in [0.29, 0.717) is 18.1 Å². The number of carbonyl (C=O) groups is 1. The molecule has 0 saturated carbocycles. The third-order valence-corrected chi connectivity index (χ3v) is 4.26. The number of ether oxygens (including phenoxy) is 1. The molecule has 0 saturated heterocycles. The molecule has 0 aliphatic heterocycles. The Morgan fingerprint density at radius 3 is 2.89 bits per heavy atom. The second kappa shape index (κ2) is 10.8. The topological polar surface area (TPSA) is 93.8 Å². The summed E-state index contributed by atoms with van der Waals surface area (Å²) in [6.45, 7) is 4.01. The minimum Gasteiger partial charge on any atom is -0.490 e. The molecule has 0 spiro atoms. The normalized spacial score (nSPS) is 10.5. The molecule has 0 heterocycles. The first-order valence-electron chi connectivity index (χ1n) is 8.05. The van der Waals surface area contributed by atoms with E-state index in [2.05, 4.69) is 17.1 Å². The Morgan fingerprint density at radius 1 is 1.30 bits per heavy atom. The SMILES string of the molecule is C=CCOc1cccc(/C=N\NC(=O)CSCc2cccc([N+](=O)[O-])c2)c1. The van der Waals surface area contributed by atoms with Gasteiger partial charge in [-0.2, -0.15) is 5.10 Å². The monoisotopic (exact) mass is 385 g/mol. The summed E-state index contributed by atoms with van der Waals surface area (Å²) in [5, 5.41) is 14.7. The average molecular weight is 385 g/mol. The van der Waals surface area contributed by atoms with E-state index < -0.39 is 4.92 Å². The van der Waals surface area contributed by atoms with Crippen molar-refractivity contribution in [2.24, 2.45) is 5.10 Å². The molecule has 1 N–H and O–H groups in total. The van der Waals surface area contributed by atoms with Crippen LogP contribution in [0.3, 0.4) is 0 Å². The molecule has 0 aromatic heterocycles. The van der Waals surface area contributed by atoms with Gasteiger partial charge in [-0.05, 0) is 23.3 Å². The van der Waals surface area contributed by atoms with Crippen LogP contribution in [0.1, 0.15) is 11.1 Å². The molecule has 0 atom stereocenters. The van der Waals surface area contributed by atoms with Crippen molar-refractivity contribution in [1.29, 1.82) is 0 Å². The van der Waals surface area contributed by atoms with Gasteiger partial charge in [0, 0.05) is 17.9 Å². The zero-order chi connectivity index (χ0) is 19.5. The first kappa shape index (κ1) is 20.2. The zero-order valence-corrected chi connectivity index (χ0v) is 15.4. The van der Waals surface area contributed by atoms with Gasteiger partial charge in [-0.1, -0.05) is 36.9 Å². The van der Waals surface area contributed by atoms with Gasteiger partial charge < -0.3 is 4.74 Å². The number of nitro groups is 1. The summed E-state index contributed by atoms with van der Waals surface area (Å²) in [5.41, 5.74) is 4.08. The number of carbonyl (C=O) groups excluding carboxylic acids is 1. The van der Waals surface area contributed by atoms with Crippen LogP contribution in [0.4, 0.5) is 5.69 Å². The molecule has 2 rings (SSSR count). The Morgan fingerprint density at radius 2 is 2.11 bits per heavy atom. The van der Waals surface area contributed by atoms with Crippen molar-refractivity contribution >= 4 is 29.6 Å². The van der Waals surface area contributed by atoms with Gasteiger partial charge in [0.1, 0.15) is 12.4 Å². The highest BCUT2D eigenvalue weighted by Gasteiger charge is 2.06. The average Bonchev–Trinajstić information content (AvgIpc) is 2.67. The van der Waals surface area contributed by atoms with Gasteiger partial charge in [-0.15, -0.1) is 11.8 Å². The Kier molecular flexibility index (Phi) is 8.05. The maximum Gasteiger partial charge on any atom is 0.269 e. The highest BCUT2D eigenvalue weighted by molar-refractivity contribution is 7.99. The standard InChI is InChI=1S/C19H19N3O4S/c1-2-9-26-18-8-4-5-15(11-18)12-20-21-19(23)14-27-13-16-6-3-7-17(10-16)22(24)25/h2-8,10-12H,1,9,13-14H2,(H,21,23)/b20-12-. The predicted octanol–water partition coefficient (Wildman–Crippen LogP) is 3.54. The Hall–Kier alpha value is -3.13. The summed E-state index contributed by atoms with van der Waals surface area (Å²) >= 11 is 1.35. The first-order valence-corrected chi connectivity index (χ1v) is 9.20. The van der Waals surface area contributed by atoms with E-state index in [4.69, 9.17) is 4.74 Å². The molecule has 0 bridgehead atoms. The smallest absolute Gasteiger partial charge is 0.269 e. The van der Waals surface area contributed by atoms with Crippen LogP contribution in [0, 0.1) is 10.1 Å². The number of hydrogen-bond acceptors (Lipinski definition) is 6. The lowest BCUT2D eigenvalue weighted by atomic mass is 10.2. The molecule has 7 nitrogen and oxygen atoms in total. The summed E-state index contributed by atoms with van der Waals surface area (Å²) in [6.07, 6.45) is 3.19. The van der Waals surface area contributed by atoms with Gasteiger partial charge in [-0.25, -0.2) is 5.43 Å². The fourth-order valence-electron chi connectivity index (χ4n) is 2.07. The van der Waals surface area contributed by atoms with E-state index in [1.54, 1.807) is 24.3 Å². The highest BCUT2D eigenvalue weighted by Crippen LogP contribution is 2.18. The van der Waals surface area contributed by atoms with E-state index in [0.717, 1.165) is 11.1 Å². The molecule has 2 aromatic rings. The van der Waals surface area contributed by atoms with Crippen LogP contribution in [-0.2, 0) is 10.5 Å². The Bertz CT molecular complexity index is 839. The number of hydrogen-bond donors (Lipinski definition) is 1. The fourth-order valence-corrected chi connectivity index (χ4v) is 2.84. The molecule has 140 valence electrons. The van der Waals surface area contributed by atoms with Crippen LogP contribution in [-0.4, -0.2) is 29.4 Å². The molecule has 2 aromatic carbocycles. The second-order valence-electron chi connectivity index (χ2n) is 5.39. The van der Waals surface area contributed by atoms with E-state index >= 15 is 0 Å². The lowest BCUT2D eigenvalue weighted by molar-refractivity contribution is -0.384. The summed E-state index contributed by atoms with van der Waals surface area (Å²) < 4.78 is 5.43. The maximum atomic E-state index is 11.8. The molecule has 27 heavy (non-hydrogen) atoms. The van der Waals surface area contributed by atoms with Crippen molar-refractivity contribution in [1.82, 2.24) is 5.43 Å². The quantitative estimate of drug-likeness (QED) is 0.292. The lowest BCUT2D eigenvalue weighted by Crippen LogP contribution is -2.19. The van der Waals surface area contributed by atoms with Gasteiger partial charge in [0.15, 0.2) is 0 Å². The number of thioether (sulfide) groups is 1. The van der Waals surface area contributed by atoms with Crippen molar-refractivity contribution in [3.05, 3.63) is 82.4 Å². The van der Waals surface area contributed by atoms with Crippen LogP contribution in [0.5, 0.6) is 5.75 Å². The number of hydrazone groups is 1. The minimum absolute atomic E-state index is 0.0430. The molecule has 0 aliphatic carbocycles. The molecule has 0 unspecified atom stereocenters. The summed E-state index contributed by atoms with van der Waals surface area (Å²) in [7, 11) is 0. The highest BCUT2D eigenvalue weighted by atomic mass is 32.2. The molecular formula is C19H19N3O4S. The lowest BCUT2D eigenvalue weighted by Gasteiger charge is -2.03. The third kappa shape index (κ3) is 7.33. The van der Waals surface area contributed by atoms with Gasteiger partial charge in [0.2, 0.25) is 5.91 Å². The number of nitrogens with one attached hydrogen (secondary N) is 1. The van der Waals surface area contributed by atoms with Crippen molar-refractivity contribution in [2.75, 3.05) is 12.4 Å². The van der Waals surface area contributed by atoms with Crippen LogP contribution < -0.4 is 10.2 Å². The van der Waals surface area contributed by atoms with Gasteiger partial charge in [0.25, 0.3) is 5.69 Å². The second-order valence-corrected chi connectivity index (χ2v) is 6.37. The molecule has 8 heteroatoms. The van der Waals surface area contributed by atoms with Crippen molar-refractivity contribution in [3.8, 4) is 5.75 Å². The van der Waals surface area contributed by atoms with Crippen molar-refractivity contribution in [3.63, 3.8) is 0 Å². The molecular weight excluding hydrogens is 366 g/mol. The predicted molar refractivity (Wildman–Crippen MR) is 107 cm³/mol. The maximum absolute atomic E-state index is 11.8. The summed E-state index contributed by atoms with van der Waals surface area (Å²) in [4.78, 5) is 22.1. The van der Waals surface area contributed by atoms with E-state index in [9.17, 15) is 14.9 Å². The first-order chi connectivity index (χ1) is 13.1. The van der Waals surface area contributed by atoms with Crippen molar-refractivity contribution < 1.29 is 14.5 Å². The van der Waals surface area contributed by atoms with E-state index in [-0.39, 0.29) is 17.3 Å². The number of nitrogens with zero attached hydrogens (tertiary/aromatic N) is 2. The summed E-state index contributed by atoms with van der Waals surface area (Å²) in [6, 6.07) is 13.7. The van der Waals surface area contributed by atoms with Gasteiger partial charge in [0.05, 0.1) is 16.9 Å². The van der Waals surface area contributed by atoms with Gasteiger partial charge >= 0.3 is 0 Å². The molecule has 0 fully saturated rings. The fraction of sp³-hybridized carbons (Fsp3) is 0.158. The van der Waals surface area contributed by atoms with E-state index in [1.165, 1.54) is 30.1 Å². The molecule has 0 aliphatic rings. The molecule has 1 amide bonds. The number of benzene rings is 2. The summed E-state index contributed by atoms with van der Waals surface area (Å²) in [5.74, 6) is 1.14. The Balaban J connectivity index is 1.76.